The van der Waals surface area contributed by atoms with Gasteiger partial charge in [-0.05, 0) is 29.3 Å². The molecule has 6 rings (SSSR count). The molecule has 0 atom stereocenters. The highest BCUT2D eigenvalue weighted by molar-refractivity contribution is 7.89. The number of nitrogens with zero attached hydrogens (tertiary/aromatic N) is 4. The normalized spacial score (nSPS) is 12.5. The number of benzene rings is 2. The van der Waals surface area contributed by atoms with Crippen molar-refractivity contribution in [2.75, 3.05) is 6.54 Å². The molecule has 0 bridgehead atoms. The summed E-state index contributed by atoms with van der Waals surface area (Å²) in [4.78, 5) is 4.04. The number of alkyl halides is 3. The lowest BCUT2D eigenvalue weighted by Gasteiger charge is -2.13. The number of hydrogen-bond donors (Lipinski definition) is 2. The molecule has 0 unspecified atom stereocenters. The van der Waals surface area contributed by atoms with E-state index in [0.717, 1.165) is 52.2 Å². The van der Waals surface area contributed by atoms with Crippen molar-refractivity contribution in [1.82, 2.24) is 29.7 Å². The van der Waals surface area contributed by atoms with E-state index in [4.69, 9.17) is 0 Å². The molecule has 41 heavy (non-hydrogen) atoms. The van der Waals surface area contributed by atoms with Crippen LogP contribution in [0.1, 0.15) is 21.6 Å². The second-order valence-electron chi connectivity index (χ2n) is 9.01. The Morgan fingerprint density at radius 2 is 2.02 bits per heavy atom. The topological polar surface area (TPSA) is 115 Å². The standard InChI is InChI=1S/C27H19F3N6O3S2/c28-27(29,30)39-23-5-1-2-6-24(23)41(37,38)33-9-3-4-20-11-19(14-40-20)25-22-12-18-10-17(13-36-16-31-15-32-36)7-8-21(18)26(22)35-34-25/h1-2,5-8,10-11,14-16,33H,9,12-13H2,(H,34,35). The summed E-state index contributed by atoms with van der Waals surface area (Å²) >= 11 is 1.38. The molecular formula is C27H19F3N6O3S2. The Morgan fingerprint density at radius 1 is 1.17 bits per heavy atom. The SMILES string of the molecule is O=S(=O)(NCC#Cc1cc(-c2n[nH]c3c2Cc2cc(Cn4cncn4)ccc2-3)cs1)c1ccccc1OC(F)(F)F. The zero-order chi connectivity index (χ0) is 28.6. The third-order valence-electron chi connectivity index (χ3n) is 6.28. The molecule has 0 saturated heterocycles. The number of nitrogens with one attached hydrogen (secondary N) is 2. The van der Waals surface area contributed by atoms with Crippen molar-refractivity contribution in [3.05, 3.63) is 88.1 Å². The van der Waals surface area contributed by atoms with Gasteiger partial charge < -0.3 is 4.74 Å². The Kier molecular flexibility index (Phi) is 6.86. The van der Waals surface area contributed by atoms with Crippen molar-refractivity contribution in [3.8, 4) is 40.1 Å². The molecule has 9 nitrogen and oxygen atoms in total. The van der Waals surface area contributed by atoms with Gasteiger partial charge in [-0.1, -0.05) is 42.2 Å². The van der Waals surface area contributed by atoms with Crippen molar-refractivity contribution in [1.29, 1.82) is 0 Å². The lowest BCUT2D eigenvalue weighted by Crippen LogP contribution is -2.26. The van der Waals surface area contributed by atoms with Crippen LogP contribution in [0, 0.1) is 11.8 Å². The van der Waals surface area contributed by atoms with Crippen molar-refractivity contribution in [2.24, 2.45) is 0 Å². The first-order chi connectivity index (χ1) is 19.7. The minimum absolute atomic E-state index is 0.306. The number of aromatic amines is 1. The van der Waals surface area contributed by atoms with Crippen LogP contribution in [0.5, 0.6) is 5.75 Å². The van der Waals surface area contributed by atoms with Crippen LogP contribution in [0.2, 0.25) is 0 Å². The molecule has 0 saturated carbocycles. The van der Waals surface area contributed by atoms with Crippen molar-refractivity contribution >= 4 is 21.4 Å². The number of halogens is 3. The first-order valence-corrected chi connectivity index (χ1v) is 14.5. The van der Waals surface area contributed by atoms with Gasteiger partial charge in [0.15, 0.2) is 0 Å². The van der Waals surface area contributed by atoms with Gasteiger partial charge in [-0.25, -0.2) is 18.1 Å². The molecule has 14 heteroatoms. The van der Waals surface area contributed by atoms with Crippen LogP contribution in [0.3, 0.4) is 0 Å². The molecular weight excluding hydrogens is 577 g/mol. The van der Waals surface area contributed by atoms with Gasteiger partial charge in [0, 0.05) is 28.5 Å². The third-order valence-corrected chi connectivity index (χ3v) is 8.57. The fourth-order valence-corrected chi connectivity index (χ4v) is 6.38. The second kappa shape index (κ2) is 10.5. The first kappa shape index (κ1) is 26.8. The molecule has 0 aliphatic heterocycles. The molecule has 3 aromatic heterocycles. The van der Waals surface area contributed by atoms with Gasteiger partial charge in [-0.3, -0.25) is 5.10 Å². The van der Waals surface area contributed by atoms with Gasteiger partial charge >= 0.3 is 6.36 Å². The van der Waals surface area contributed by atoms with Crippen LogP contribution in [0.15, 0.2) is 71.5 Å². The van der Waals surface area contributed by atoms with E-state index in [1.807, 2.05) is 11.4 Å². The summed E-state index contributed by atoms with van der Waals surface area (Å²) in [6.07, 6.45) is -1.12. The summed E-state index contributed by atoms with van der Waals surface area (Å²) in [5.41, 5.74) is 7.18. The third kappa shape index (κ3) is 5.73. The summed E-state index contributed by atoms with van der Waals surface area (Å²) in [6.45, 7) is 0.322. The zero-order valence-corrected chi connectivity index (χ0v) is 22.6. The van der Waals surface area contributed by atoms with Crippen LogP contribution in [0.4, 0.5) is 13.2 Å². The van der Waals surface area contributed by atoms with E-state index in [-0.39, 0.29) is 6.54 Å². The molecule has 0 radical (unpaired) electrons. The summed E-state index contributed by atoms with van der Waals surface area (Å²) in [6, 6.07) is 12.7. The predicted octanol–water partition coefficient (Wildman–Crippen LogP) is 4.58. The second-order valence-corrected chi connectivity index (χ2v) is 11.7. The first-order valence-electron chi connectivity index (χ1n) is 12.1. The minimum Gasteiger partial charge on any atom is -0.404 e. The van der Waals surface area contributed by atoms with Gasteiger partial charge in [-0.2, -0.15) is 14.9 Å². The number of ether oxygens (including phenoxy) is 1. The van der Waals surface area contributed by atoms with E-state index in [1.165, 1.54) is 35.4 Å². The number of aromatic nitrogens is 5. The Morgan fingerprint density at radius 3 is 2.83 bits per heavy atom. The molecule has 2 aromatic carbocycles. The van der Waals surface area contributed by atoms with Crippen LogP contribution >= 0.6 is 11.3 Å². The number of rotatable bonds is 7. The number of thiophene rings is 1. The summed E-state index contributed by atoms with van der Waals surface area (Å²) in [5, 5.41) is 13.8. The summed E-state index contributed by atoms with van der Waals surface area (Å²) < 4.78 is 70.9. The fraction of sp³-hybridized carbons (Fsp3) is 0.148. The number of para-hydroxylation sites is 1. The van der Waals surface area contributed by atoms with Gasteiger partial charge in [0.05, 0.1) is 29.4 Å². The Balaban J connectivity index is 1.13. The monoisotopic (exact) mass is 596 g/mol. The quantitative estimate of drug-likeness (QED) is 0.261. The maximum Gasteiger partial charge on any atom is 0.573 e. The maximum atomic E-state index is 12.7. The molecule has 2 N–H and O–H groups in total. The van der Waals surface area contributed by atoms with Crippen LogP contribution in [-0.4, -0.2) is 46.3 Å². The molecule has 1 aliphatic rings. The maximum absolute atomic E-state index is 12.7. The number of fused-ring (bicyclic) bond motifs is 3. The van der Waals surface area contributed by atoms with E-state index in [9.17, 15) is 21.6 Å². The van der Waals surface area contributed by atoms with Crippen LogP contribution < -0.4 is 9.46 Å². The molecule has 0 amide bonds. The molecule has 3 heterocycles. The van der Waals surface area contributed by atoms with Crippen molar-refractivity contribution < 1.29 is 26.3 Å². The van der Waals surface area contributed by atoms with Gasteiger partial charge in [0.1, 0.15) is 23.3 Å². The van der Waals surface area contributed by atoms with Crippen molar-refractivity contribution in [2.45, 2.75) is 24.2 Å². The van der Waals surface area contributed by atoms with E-state index in [1.54, 1.807) is 11.0 Å². The van der Waals surface area contributed by atoms with E-state index in [2.05, 4.69) is 59.8 Å². The van der Waals surface area contributed by atoms with Gasteiger partial charge in [-0.15, -0.1) is 24.5 Å². The van der Waals surface area contributed by atoms with E-state index >= 15 is 0 Å². The number of H-pyrrole nitrogens is 1. The predicted molar refractivity (Wildman–Crippen MR) is 144 cm³/mol. The fourth-order valence-electron chi connectivity index (χ4n) is 4.57. The van der Waals surface area contributed by atoms with Crippen LogP contribution in [0.25, 0.3) is 22.5 Å². The highest BCUT2D eigenvalue weighted by atomic mass is 32.2. The Bertz CT molecular complexity index is 1900. The highest BCUT2D eigenvalue weighted by Gasteiger charge is 2.34. The summed E-state index contributed by atoms with van der Waals surface area (Å²) in [5.74, 6) is 4.79. The zero-order valence-electron chi connectivity index (χ0n) is 20.9. The molecule has 208 valence electrons. The summed E-state index contributed by atoms with van der Waals surface area (Å²) in [7, 11) is -4.30. The van der Waals surface area contributed by atoms with Crippen molar-refractivity contribution in [3.63, 3.8) is 0 Å². The average molecular weight is 597 g/mol. The lowest BCUT2D eigenvalue weighted by atomic mass is 10.1. The number of sulfonamides is 1. The molecule has 5 aromatic rings. The minimum atomic E-state index is -5.03. The Hall–Kier alpha value is -4.45. The lowest BCUT2D eigenvalue weighted by molar-refractivity contribution is -0.275. The smallest absolute Gasteiger partial charge is 0.404 e. The molecule has 1 aliphatic carbocycles. The highest BCUT2D eigenvalue weighted by Crippen LogP contribution is 2.41. The largest absolute Gasteiger partial charge is 0.573 e. The molecule has 0 spiro atoms. The van der Waals surface area contributed by atoms with Gasteiger partial charge in [0.2, 0.25) is 10.0 Å². The van der Waals surface area contributed by atoms with Crippen LogP contribution in [-0.2, 0) is 23.0 Å². The number of hydrogen-bond acceptors (Lipinski definition) is 7. The average Bonchev–Trinajstić information content (AvgIpc) is 3.71. The Labute approximate surface area is 236 Å². The van der Waals surface area contributed by atoms with E-state index in [0.29, 0.717) is 11.4 Å². The van der Waals surface area contributed by atoms with Gasteiger partial charge in [0.25, 0.3) is 0 Å². The molecule has 0 fully saturated rings. The van der Waals surface area contributed by atoms with E-state index < -0.39 is 27.0 Å².